The second-order valence-corrected chi connectivity index (χ2v) is 8.98. The highest BCUT2D eigenvalue weighted by atomic mass is 35.5. The van der Waals surface area contributed by atoms with Gasteiger partial charge in [-0.25, -0.2) is 5.43 Å². The molecule has 3 rings (SSSR count). The molecular weight excluding hydrogens is 511 g/mol. The van der Waals surface area contributed by atoms with Gasteiger partial charge in [0.15, 0.2) is 5.01 Å². The summed E-state index contributed by atoms with van der Waals surface area (Å²) in [5, 5.41) is 16.1. The van der Waals surface area contributed by atoms with Crippen LogP contribution in [0, 0.1) is 0 Å². The number of nitrogens with zero attached hydrogens (tertiary/aromatic N) is 4. The number of carbonyl (C=O) groups excluding carboxylic acids is 1. The van der Waals surface area contributed by atoms with Crippen LogP contribution in [0.3, 0.4) is 0 Å². The molecule has 0 radical (unpaired) electrons. The van der Waals surface area contributed by atoms with Gasteiger partial charge < -0.3 is 5.32 Å². The van der Waals surface area contributed by atoms with Gasteiger partial charge in [-0.3, -0.25) is 15.6 Å². The van der Waals surface area contributed by atoms with Crippen LogP contribution in [0.4, 0.5) is 10.8 Å². The van der Waals surface area contributed by atoms with Gasteiger partial charge in [-0.2, -0.15) is 13.5 Å². The fourth-order valence-electron chi connectivity index (χ4n) is 2.28. The molecule has 4 N–H and O–H groups in total. The Hall–Kier alpha value is -3.26. The lowest BCUT2D eigenvalue weighted by atomic mass is 10.2. The summed E-state index contributed by atoms with van der Waals surface area (Å²) in [6.07, 6.45) is 2.20. The molecule has 0 spiro atoms. The average Bonchev–Trinajstić information content (AvgIpc) is 3.22. The topological polar surface area (TPSA) is 150 Å². The van der Waals surface area contributed by atoms with Gasteiger partial charge in [0.25, 0.3) is 10.0 Å². The van der Waals surface area contributed by atoms with Crippen LogP contribution in [0.2, 0.25) is 5.02 Å². The van der Waals surface area contributed by atoms with E-state index in [-0.39, 0.29) is 23.2 Å². The van der Waals surface area contributed by atoms with E-state index in [0.29, 0.717) is 20.8 Å². The fourth-order valence-corrected chi connectivity index (χ4v) is 4.08. The number of hydrazine groups is 1. The third kappa shape index (κ3) is 7.68. The van der Waals surface area contributed by atoms with Crippen molar-refractivity contribution in [2.75, 3.05) is 10.7 Å². The molecule has 33 heavy (non-hydrogen) atoms. The first kappa shape index (κ1) is 26.0. The van der Waals surface area contributed by atoms with Gasteiger partial charge in [0.05, 0.1) is 9.92 Å². The monoisotopic (exact) mass is 528 g/mol. The minimum Gasteiger partial charge on any atom is -0.326 e. The predicted octanol–water partition coefficient (Wildman–Crippen LogP) is 3.11. The molecule has 0 saturated heterocycles. The van der Waals surface area contributed by atoms with Crippen molar-refractivity contribution in [3.8, 4) is 10.6 Å². The molecule has 0 bridgehead atoms. The molecule has 0 fully saturated rings. The predicted molar refractivity (Wildman–Crippen MR) is 132 cm³/mol. The average molecular weight is 529 g/mol. The van der Waals surface area contributed by atoms with Crippen molar-refractivity contribution >= 4 is 74.8 Å². The lowest BCUT2D eigenvalue weighted by Gasteiger charge is -2.03. The van der Waals surface area contributed by atoms with Gasteiger partial charge >= 0.3 is 0 Å². The first-order valence-electron chi connectivity index (χ1n) is 8.88. The summed E-state index contributed by atoms with van der Waals surface area (Å²) < 4.78 is 27.8. The Morgan fingerprint density at radius 2 is 1.76 bits per heavy atom. The van der Waals surface area contributed by atoms with Crippen LogP contribution in [0.5, 0.6) is 0 Å². The standard InChI is InChI=1S/C18H17ClN8O3S2.ClH/c1-12(28)24-13-6-8-14(9-7-13)32(29,30)23-11-21-20-10-22-26-18-27-25-17(31-18)15-4-2-3-5-16(15)19;/h2-11H,1H3,(H,20,22)(H,21,23)(H,24,28)(H,26,27);1H. The highest BCUT2D eigenvalue weighted by Crippen LogP contribution is 2.31. The molecule has 174 valence electrons. The lowest BCUT2D eigenvalue weighted by molar-refractivity contribution is -0.114. The molecule has 1 heterocycles. The summed E-state index contributed by atoms with van der Waals surface area (Å²) in [4.78, 5) is 11.0. The van der Waals surface area contributed by atoms with Gasteiger partial charge in [0.2, 0.25) is 11.0 Å². The van der Waals surface area contributed by atoms with E-state index in [9.17, 15) is 13.2 Å². The number of benzene rings is 2. The second kappa shape index (κ2) is 12.1. The highest BCUT2D eigenvalue weighted by Gasteiger charge is 2.11. The number of sulfonamides is 1. The van der Waals surface area contributed by atoms with Gasteiger partial charge in [-0.1, -0.05) is 41.1 Å². The number of halogens is 2. The molecule has 3 aromatic rings. The zero-order valence-electron chi connectivity index (χ0n) is 16.9. The zero-order chi connectivity index (χ0) is 23.0. The Balaban J connectivity index is 0.00000385. The minimum absolute atomic E-state index is 0. The second-order valence-electron chi connectivity index (χ2n) is 5.97. The van der Waals surface area contributed by atoms with E-state index in [0.717, 1.165) is 11.9 Å². The third-order valence-electron chi connectivity index (χ3n) is 3.63. The smallest absolute Gasteiger partial charge is 0.283 e. The molecule has 0 aliphatic carbocycles. The Labute approximate surface area is 204 Å². The summed E-state index contributed by atoms with van der Waals surface area (Å²) >= 11 is 7.40. The van der Waals surface area contributed by atoms with Crippen LogP contribution < -0.4 is 21.6 Å². The van der Waals surface area contributed by atoms with E-state index >= 15 is 0 Å². The maximum atomic E-state index is 12.2. The number of amides is 1. The molecular formula is C18H18Cl2N8O3S2. The number of anilines is 2. The van der Waals surface area contributed by atoms with E-state index in [2.05, 4.69) is 41.3 Å². The summed E-state index contributed by atoms with van der Waals surface area (Å²) in [6, 6.07) is 12.9. The molecule has 0 aliphatic rings. The molecule has 11 nitrogen and oxygen atoms in total. The highest BCUT2D eigenvalue weighted by molar-refractivity contribution is 7.90. The largest absolute Gasteiger partial charge is 0.326 e. The molecule has 0 unspecified atom stereocenters. The SMILES string of the molecule is CC(=O)Nc1ccc(S(=O)(=O)/N=C/NN/C=N/Nc2nnc(-c3ccccc3Cl)s2)cc1.Cl. The van der Waals surface area contributed by atoms with E-state index in [1.807, 2.05) is 18.2 Å². The summed E-state index contributed by atoms with van der Waals surface area (Å²) in [7, 11) is -3.90. The lowest BCUT2D eigenvalue weighted by Crippen LogP contribution is -2.29. The number of nitrogens with one attached hydrogen (secondary N) is 4. The van der Waals surface area contributed by atoms with E-state index in [1.54, 1.807) is 6.07 Å². The van der Waals surface area contributed by atoms with Crippen LogP contribution in [-0.2, 0) is 14.8 Å². The van der Waals surface area contributed by atoms with Crippen molar-refractivity contribution in [2.45, 2.75) is 11.8 Å². The molecule has 0 atom stereocenters. The number of hydrazone groups is 1. The van der Waals surface area contributed by atoms with Gasteiger partial charge in [0.1, 0.15) is 12.7 Å². The summed E-state index contributed by atoms with van der Waals surface area (Å²) in [5.74, 6) is -0.253. The summed E-state index contributed by atoms with van der Waals surface area (Å²) in [5.41, 5.74) is 8.92. The Bertz CT molecular complexity index is 1250. The van der Waals surface area contributed by atoms with Crippen molar-refractivity contribution in [2.24, 2.45) is 9.50 Å². The number of carbonyl (C=O) groups is 1. The van der Waals surface area contributed by atoms with Crippen molar-refractivity contribution in [3.63, 3.8) is 0 Å². The van der Waals surface area contributed by atoms with Crippen LogP contribution in [0.1, 0.15) is 6.92 Å². The number of rotatable bonds is 9. The number of hydrogen-bond donors (Lipinski definition) is 4. The summed E-state index contributed by atoms with van der Waals surface area (Å²) in [6.45, 7) is 1.36. The molecule has 0 saturated carbocycles. The fraction of sp³-hybridized carbons (Fsp3) is 0.0556. The molecule has 1 aromatic heterocycles. The molecule has 2 aromatic carbocycles. The van der Waals surface area contributed by atoms with Crippen molar-refractivity contribution in [3.05, 3.63) is 53.6 Å². The minimum atomic E-state index is -3.90. The third-order valence-corrected chi connectivity index (χ3v) is 6.07. The van der Waals surface area contributed by atoms with Crippen molar-refractivity contribution in [1.29, 1.82) is 0 Å². The Morgan fingerprint density at radius 3 is 2.45 bits per heavy atom. The maximum absolute atomic E-state index is 12.2. The Kier molecular flexibility index (Phi) is 9.54. The van der Waals surface area contributed by atoms with Crippen LogP contribution in [0.25, 0.3) is 10.6 Å². The normalized spacial score (nSPS) is 11.2. The van der Waals surface area contributed by atoms with Crippen molar-refractivity contribution in [1.82, 2.24) is 21.0 Å². The van der Waals surface area contributed by atoms with Crippen LogP contribution in [0.15, 0.2) is 62.9 Å². The first-order valence-corrected chi connectivity index (χ1v) is 11.5. The van der Waals surface area contributed by atoms with Crippen LogP contribution in [-0.4, -0.2) is 37.2 Å². The molecule has 0 aliphatic heterocycles. The molecule has 15 heteroatoms. The van der Waals surface area contributed by atoms with Gasteiger partial charge in [-0.05, 0) is 30.3 Å². The quantitative estimate of drug-likeness (QED) is 0.143. The van der Waals surface area contributed by atoms with E-state index in [1.165, 1.54) is 48.9 Å². The van der Waals surface area contributed by atoms with Gasteiger partial charge in [0, 0.05) is 18.2 Å². The first-order chi connectivity index (χ1) is 15.3. The molecule has 1 amide bonds. The van der Waals surface area contributed by atoms with E-state index in [4.69, 9.17) is 11.6 Å². The van der Waals surface area contributed by atoms with Gasteiger partial charge in [-0.15, -0.1) is 27.0 Å². The number of hydrogen-bond acceptors (Lipinski definition) is 8. The van der Waals surface area contributed by atoms with Crippen LogP contribution >= 0.6 is 35.3 Å². The van der Waals surface area contributed by atoms with Crippen molar-refractivity contribution < 1.29 is 13.2 Å². The van der Waals surface area contributed by atoms with E-state index < -0.39 is 10.0 Å². The Morgan fingerprint density at radius 1 is 1.06 bits per heavy atom. The zero-order valence-corrected chi connectivity index (χ0v) is 20.1. The number of aromatic nitrogens is 2. The maximum Gasteiger partial charge on any atom is 0.283 e.